The second-order valence-electron chi connectivity index (χ2n) is 8.94. The molecule has 4 N–H and O–H groups in total. The van der Waals surface area contributed by atoms with E-state index in [2.05, 4.69) is 4.72 Å². The van der Waals surface area contributed by atoms with Crippen molar-refractivity contribution in [3.63, 3.8) is 0 Å². The summed E-state index contributed by atoms with van der Waals surface area (Å²) in [4.78, 5) is 2.04. The van der Waals surface area contributed by atoms with E-state index < -0.39 is 33.8 Å². The molecule has 1 aliphatic heterocycles. The molecule has 2 aliphatic rings. The molecule has 0 amide bonds. The first kappa shape index (κ1) is 23.2. The summed E-state index contributed by atoms with van der Waals surface area (Å²) in [5.74, 6) is 0.208. The number of aliphatic hydroxyl groups is 3. The highest BCUT2D eigenvalue weighted by Crippen LogP contribution is 2.41. The largest absolute Gasteiger partial charge is 0.492 e. The molecule has 0 bridgehead atoms. The third-order valence-electron chi connectivity index (χ3n) is 6.19. The van der Waals surface area contributed by atoms with Gasteiger partial charge in [-0.25, -0.2) is 13.1 Å². The van der Waals surface area contributed by atoms with Gasteiger partial charge in [0, 0.05) is 31.6 Å². The number of nitrogens with one attached hydrogen (secondary N) is 1. The Morgan fingerprint density at radius 3 is 2.38 bits per heavy atom. The van der Waals surface area contributed by atoms with Gasteiger partial charge in [-0.3, -0.25) is 4.90 Å². The van der Waals surface area contributed by atoms with Crippen LogP contribution in [0.1, 0.15) is 18.4 Å². The lowest BCUT2D eigenvalue weighted by Crippen LogP contribution is -2.46. The highest BCUT2D eigenvalue weighted by atomic mass is 32.2. The Balaban J connectivity index is 1.68. The number of benzene rings is 2. The van der Waals surface area contributed by atoms with Gasteiger partial charge >= 0.3 is 0 Å². The highest BCUT2D eigenvalue weighted by molar-refractivity contribution is 7.89. The lowest BCUT2D eigenvalue weighted by molar-refractivity contribution is 0.0427. The molecule has 4 atom stereocenters. The van der Waals surface area contributed by atoms with E-state index in [0.717, 1.165) is 5.56 Å². The van der Waals surface area contributed by atoms with Crippen LogP contribution >= 0.6 is 0 Å². The summed E-state index contributed by atoms with van der Waals surface area (Å²) < 4.78 is 34.2. The van der Waals surface area contributed by atoms with Gasteiger partial charge in [0.25, 0.3) is 0 Å². The van der Waals surface area contributed by atoms with Gasteiger partial charge in [0.2, 0.25) is 10.0 Å². The van der Waals surface area contributed by atoms with Crippen LogP contribution in [0.15, 0.2) is 59.5 Å². The van der Waals surface area contributed by atoms with Gasteiger partial charge in [0.1, 0.15) is 10.6 Å². The number of para-hydroxylation sites is 1. The first-order valence-electron chi connectivity index (χ1n) is 10.8. The summed E-state index contributed by atoms with van der Waals surface area (Å²) >= 11 is 0. The van der Waals surface area contributed by atoms with Gasteiger partial charge in [-0.05, 0) is 30.5 Å². The zero-order chi connectivity index (χ0) is 22.8. The highest BCUT2D eigenvalue weighted by Gasteiger charge is 2.46. The first-order chi connectivity index (χ1) is 15.3. The maximum Gasteiger partial charge on any atom is 0.244 e. The predicted octanol–water partition coefficient (Wildman–Crippen LogP) is 0.722. The fourth-order valence-electron chi connectivity index (χ4n) is 4.70. The van der Waals surface area contributed by atoms with E-state index in [4.69, 9.17) is 4.74 Å². The average molecular weight is 463 g/mol. The number of rotatable bonds is 2. The van der Waals surface area contributed by atoms with Crippen molar-refractivity contribution in [1.29, 1.82) is 0 Å². The Kier molecular flexibility index (Phi) is 6.85. The molecule has 9 heteroatoms. The van der Waals surface area contributed by atoms with Gasteiger partial charge in [0.05, 0.1) is 24.9 Å². The number of hydrogen-bond donors (Lipinski definition) is 4. The van der Waals surface area contributed by atoms with Crippen molar-refractivity contribution < 1.29 is 28.5 Å². The van der Waals surface area contributed by atoms with Crippen LogP contribution < -0.4 is 9.46 Å². The van der Waals surface area contributed by atoms with Crippen molar-refractivity contribution in [2.24, 2.45) is 5.41 Å². The number of hydrogen-bond acceptors (Lipinski definition) is 7. The SMILES string of the molecule is O=S1(=O)NC[C@H](O)CN(Cc2ccccc2)CC2(COc3ccccc31)C[C@@H](O)[C@@H](O)C2. The van der Waals surface area contributed by atoms with E-state index in [1.54, 1.807) is 18.2 Å². The van der Waals surface area contributed by atoms with Crippen molar-refractivity contribution in [2.75, 3.05) is 26.2 Å². The molecule has 1 unspecified atom stereocenters. The topological polar surface area (TPSA) is 119 Å². The van der Waals surface area contributed by atoms with E-state index in [0.29, 0.717) is 25.9 Å². The molecule has 2 aromatic rings. The summed E-state index contributed by atoms with van der Waals surface area (Å²) in [7, 11) is -3.89. The molecule has 1 spiro atoms. The summed E-state index contributed by atoms with van der Waals surface area (Å²) in [6, 6.07) is 16.2. The fourth-order valence-corrected chi connectivity index (χ4v) is 5.92. The first-order valence-corrected chi connectivity index (χ1v) is 12.3. The van der Waals surface area contributed by atoms with E-state index in [-0.39, 0.29) is 30.3 Å². The zero-order valence-electron chi connectivity index (χ0n) is 17.8. The monoisotopic (exact) mass is 462 g/mol. The van der Waals surface area contributed by atoms with Crippen molar-refractivity contribution in [1.82, 2.24) is 9.62 Å². The molecule has 1 saturated carbocycles. The normalized spacial score (nSPS) is 31.3. The number of ether oxygens (including phenoxy) is 1. The molecule has 1 fully saturated rings. The lowest BCUT2D eigenvalue weighted by Gasteiger charge is -2.37. The summed E-state index contributed by atoms with van der Waals surface area (Å²) in [5, 5.41) is 31.3. The number of aliphatic hydroxyl groups excluding tert-OH is 3. The van der Waals surface area contributed by atoms with Gasteiger partial charge in [0.15, 0.2) is 0 Å². The molecule has 2 aromatic carbocycles. The summed E-state index contributed by atoms with van der Waals surface area (Å²) in [6.45, 7) is 1.24. The third kappa shape index (κ3) is 5.31. The molecule has 0 saturated heterocycles. The van der Waals surface area contributed by atoms with Gasteiger partial charge < -0.3 is 20.1 Å². The van der Waals surface area contributed by atoms with Crippen LogP contribution in [0, 0.1) is 5.41 Å². The molecular formula is C23H30N2O6S. The minimum Gasteiger partial charge on any atom is -0.492 e. The van der Waals surface area contributed by atoms with Crippen LogP contribution in [0.5, 0.6) is 5.75 Å². The van der Waals surface area contributed by atoms with Crippen molar-refractivity contribution in [3.05, 3.63) is 60.2 Å². The quantitative estimate of drug-likeness (QED) is 0.519. The standard InChI is InChI=1S/C23H30N2O6S/c26-18-12-24-32(29,30)22-9-5-4-8-21(22)31-16-23(10-19(27)20(28)11-23)15-25(14-18)13-17-6-2-1-3-7-17/h1-9,18-20,24,26-28H,10-16H2/t18-,19-,20+,23?/m0/s1. The number of fused-ring (bicyclic) bond motifs is 1. The second-order valence-corrected chi connectivity index (χ2v) is 10.7. The minimum atomic E-state index is -3.89. The maximum atomic E-state index is 12.8. The van der Waals surface area contributed by atoms with Crippen LogP contribution in [-0.4, -0.2) is 73.2 Å². The molecular weight excluding hydrogens is 432 g/mol. The minimum absolute atomic E-state index is 0.00293. The Labute approximate surface area is 188 Å². The van der Waals surface area contributed by atoms with Crippen LogP contribution in [-0.2, 0) is 16.6 Å². The van der Waals surface area contributed by atoms with Gasteiger partial charge in [-0.1, -0.05) is 42.5 Å². The molecule has 174 valence electrons. The average Bonchev–Trinajstić information content (AvgIpc) is 3.04. The van der Waals surface area contributed by atoms with Crippen molar-refractivity contribution >= 4 is 10.0 Å². The van der Waals surface area contributed by atoms with E-state index in [1.807, 2.05) is 35.2 Å². The van der Waals surface area contributed by atoms with Gasteiger partial charge in [-0.15, -0.1) is 0 Å². The van der Waals surface area contributed by atoms with Crippen LogP contribution in [0.4, 0.5) is 0 Å². The second kappa shape index (κ2) is 9.46. The Morgan fingerprint density at radius 1 is 1.00 bits per heavy atom. The Bertz CT molecular complexity index is 1010. The Hall–Kier alpha value is -2.01. The number of sulfonamides is 1. The summed E-state index contributed by atoms with van der Waals surface area (Å²) in [5.41, 5.74) is 0.449. The molecule has 1 aliphatic carbocycles. The molecule has 0 radical (unpaired) electrons. The van der Waals surface area contributed by atoms with E-state index >= 15 is 0 Å². The van der Waals surface area contributed by atoms with Crippen molar-refractivity contribution in [3.8, 4) is 5.75 Å². The van der Waals surface area contributed by atoms with Crippen LogP contribution in [0.25, 0.3) is 0 Å². The molecule has 0 aromatic heterocycles. The van der Waals surface area contributed by atoms with Crippen molar-refractivity contribution in [2.45, 2.75) is 42.6 Å². The van der Waals surface area contributed by atoms with E-state index in [9.17, 15) is 23.7 Å². The zero-order valence-corrected chi connectivity index (χ0v) is 18.6. The number of β-amino-alcohol motifs (C(OH)–C–C–N with tert-alkyl or cyclic N) is 1. The molecule has 4 rings (SSSR count). The third-order valence-corrected chi connectivity index (χ3v) is 7.65. The fraction of sp³-hybridized carbons (Fsp3) is 0.478. The molecule has 8 nitrogen and oxygen atoms in total. The smallest absolute Gasteiger partial charge is 0.244 e. The van der Waals surface area contributed by atoms with E-state index in [1.165, 1.54) is 6.07 Å². The molecule has 1 heterocycles. The van der Waals surface area contributed by atoms with Crippen LogP contribution in [0.2, 0.25) is 0 Å². The maximum absolute atomic E-state index is 12.8. The summed E-state index contributed by atoms with van der Waals surface area (Å²) in [6.07, 6.45) is -2.05. The molecule has 32 heavy (non-hydrogen) atoms. The van der Waals surface area contributed by atoms with Gasteiger partial charge in [-0.2, -0.15) is 0 Å². The number of nitrogens with zero attached hydrogens (tertiary/aromatic N) is 1. The lowest BCUT2D eigenvalue weighted by atomic mass is 9.85. The van der Waals surface area contributed by atoms with Crippen LogP contribution in [0.3, 0.4) is 0 Å². The Morgan fingerprint density at radius 2 is 1.66 bits per heavy atom. The predicted molar refractivity (Wildman–Crippen MR) is 119 cm³/mol.